The van der Waals surface area contributed by atoms with Gasteiger partial charge >= 0.3 is 5.97 Å². The zero-order chi connectivity index (χ0) is 8.91. The fourth-order valence-corrected chi connectivity index (χ4v) is 0.734. The standard InChI is InChI=1S/C6H9Br3O2/c1-2-3-4-11-5(10)6(7,8)9/h2-4H2,1H3. The Morgan fingerprint density at radius 1 is 1.45 bits per heavy atom. The van der Waals surface area contributed by atoms with E-state index in [4.69, 9.17) is 4.74 Å². The highest BCUT2D eigenvalue weighted by Crippen LogP contribution is 2.34. The minimum atomic E-state index is -0.916. The van der Waals surface area contributed by atoms with Gasteiger partial charge in [0.05, 0.1) is 6.61 Å². The van der Waals surface area contributed by atoms with Crippen LogP contribution in [0.3, 0.4) is 0 Å². The van der Waals surface area contributed by atoms with Crippen molar-refractivity contribution in [1.29, 1.82) is 0 Å². The van der Waals surface area contributed by atoms with Crippen molar-refractivity contribution in [2.75, 3.05) is 6.61 Å². The second-order valence-electron chi connectivity index (χ2n) is 1.99. The van der Waals surface area contributed by atoms with Crippen LogP contribution in [-0.4, -0.2) is 14.7 Å². The minimum absolute atomic E-state index is 0.356. The third-order valence-corrected chi connectivity index (χ3v) is 1.93. The molecule has 0 unspecified atom stereocenters. The molecule has 0 N–H and O–H groups in total. The van der Waals surface area contributed by atoms with Crippen molar-refractivity contribution >= 4 is 53.8 Å². The number of ether oxygens (including phenoxy) is 1. The van der Waals surface area contributed by atoms with Crippen LogP contribution in [-0.2, 0) is 9.53 Å². The summed E-state index contributed by atoms with van der Waals surface area (Å²) >= 11 is 9.16. The second kappa shape index (κ2) is 5.54. The van der Waals surface area contributed by atoms with Crippen LogP contribution in [0.5, 0.6) is 0 Å². The van der Waals surface area contributed by atoms with Gasteiger partial charge in [-0.1, -0.05) is 13.3 Å². The van der Waals surface area contributed by atoms with E-state index in [-0.39, 0.29) is 5.97 Å². The van der Waals surface area contributed by atoms with Crippen molar-refractivity contribution in [1.82, 2.24) is 0 Å². The van der Waals surface area contributed by atoms with Gasteiger partial charge in [-0.25, -0.2) is 4.79 Å². The van der Waals surface area contributed by atoms with E-state index in [2.05, 4.69) is 47.8 Å². The molecule has 0 saturated carbocycles. The number of unbranched alkanes of at least 4 members (excludes halogenated alkanes) is 1. The minimum Gasteiger partial charge on any atom is -0.463 e. The Bertz CT molecular complexity index is 130. The Morgan fingerprint density at radius 2 is 2.00 bits per heavy atom. The van der Waals surface area contributed by atoms with Crippen molar-refractivity contribution in [3.63, 3.8) is 0 Å². The van der Waals surface area contributed by atoms with Gasteiger partial charge < -0.3 is 4.74 Å². The molecule has 0 aliphatic carbocycles. The van der Waals surface area contributed by atoms with Gasteiger partial charge in [0, 0.05) is 0 Å². The third-order valence-electron chi connectivity index (χ3n) is 0.963. The lowest BCUT2D eigenvalue weighted by atomic mass is 10.4. The summed E-state index contributed by atoms with van der Waals surface area (Å²) in [4.78, 5) is 11.0. The van der Waals surface area contributed by atoms with Crippen LogP contribution >= 0.6 is 47.8 Å². The van der Waals surface area contributed by atoms with Gasteiger partial charge in [-0.15, -0.1) is 0 Å². The molecule has 0 aliphatic heterocycles. The van der Waals surface area contributed by atoms with Crippen LogP contribution in [0.2, 0.25) is 0 Å². The van der Waals surface area contributed by atoms with Crippen LogP contribution in [0.1, 0.15) is 19.8 Å². The van der Waals surface area contributed by atoms with E-state index < -0.39 is 2.14 Å². The molecule has 0 aliphatic rings. The maximum Gasteiger partial charge on any atom is 0.344 e. The van der Waals surface area contributed by atoms with Gasteiger partial charge in [0.2, 0.25) is 2.14 Å². The lowest BCUT2D eigenvalue weighted by molar-refractivity contribution is -0.141. The number of esters is 1. The summed E-state index contributed by atoms with van der Waals surface area (Å²) in [5, 5.41) is 0. The topological polar surface area (TPSA) is 26.3 Å². The lowest BCUT2D eigenvalue weighted by Crippen LogP contribution is -2.20. The summed E-state index contributed by atoms with van der Waals surface area (Å²) in [5.41, 5.74) is 0. The van der Waals surface area contributed by atoms with Crippen LogP contribution in [0.4, 0.5) is 0 Å². The average Bonchev–Trinajstić information content (AvgIpc) is 1.86. The molecule has 0 spiro atoms. The summed E-state index contributed by atoms with van der Waals surface area (Å²) in [6.45, 7) is 2.51. The Labute approximate surface area is 91.4 Å². The molecule has 0 bridgehead atoms. The highest BCUT2D eigenvalue weighted by atomic mass is 80.0. The van der Waals surface area contributed by atoms with E-state index in [1.54, 1.807) is 0 Å². The van der Waals surface area contributed by atoms with Crippen molar-refractivity contribution in [2.24, 2.45) is 0 Å². The molecule has 0 saturated heterocycles. The molecular formula is C6H9Br3O2. The van der Waals surface area contributed by atoms with Crippen molar-refractivity contribution in [3.05, 3.63) is 0 Å². The molecule has 0 aromatic heterocycles. The molecule has 66 valence electrons. The molecule has 0 rings (SSSR count). The highest BCUT2D eigenvalue weighted by Gasteiger charge is 2.30. The van der Waals surface area contributed by atoms with Gasteiger partial charge in [0.25, 0.3) is 0 Å². The van der Waals surface area contributed by atoms with Gasteiger partial charge in [0.1, 0.15) is 0 Å². The molecule has 11 heavy (non-hydrogen) atoms. The monoisotopic (exact) mass is 350 g/mol. The normalized spacial score (nSPS) is 11.3. The fraction of sp³-hybridized carbons (Fsp3) is 0.833. The molecule has 2 nitrogen and oxygen atoms in total. The average molecular weight is 353 g/mol. The van der Waals surface area contributed by atoms with Gasteiger partial charge in [-0.05, 0) is 54.2 Å². The maximum atomic E-state index is 11.0. The maximum absolute atomic E-state index is 11.0. The lowest BCUT2D eigenvalue weighted by Gasteiger charge is -2.10. The van der Waals surface area contributed by atoms with E-state index in [0.29, 0.717) is 6.61 Å². The third kappa shape index (κ3) is 6.11. The number of hydrogen-bond donors (Lipinski definition) is 0. The van der Waals surface area contributed by atoms with E-state index in [9.17, 15) is 4.79 Å². The first-order valence-electron chi connectivity index (χ1n) is 3.22. The van der Waals surface area contributed by atoms with Crippen LogP contribution in [0.15, 0.2) is 0 Å². The summed E-state index contributed by atoms with van der Waals surface area (Å²) in [7, 11) is 0. The van der Waals surface area contributed by atoms with Crippen LogP contribution in [0, 0.1) is 0 Å². The molecule has 0 heterocycles. The smallest absolute Gasteiger partial charge is 0.344 e. The second-order valence-corrected chi connectivity index (χ2v) is 8.75. The molecule has 0 atom stereocenters. The number of carbonyl (C=O) groups excluding carboxylic acids is 1. The Morgan fingerprint density at radius 3 is 2.36 bits per heavy atom. The van der Waals surface area contributed by atoms with Crippen LogP contribution in [0.25, 0.3) is 0 Å². The SMILES string of the molecule is CCCCOC(=O)C(Br)(Br)Br. The fourth-order valence-electron chi connectivity index (χ4n) is 0.391. The summed E-state index contributed by atoms with van der Waals surface area (Å²) in [6, 6.07) is 0. The van der Waals surface area contributed by atoms with Gasteiger partial charge in [-0.2, -0.15) is 0 Å². The first-order valence-corrected chi connectivity index (χ1v) is 5.60. The number of halogens is 3. The van der Waals surface area contributed by atoms with Crippen LogP contribution < -0.4 is 0 Å². The molecule has 0 amide bonds. The van der Waals surface area contributed by atoms with Crippen molar-refractivity contribution in [2.45, 2.75) is 21.9 Å². The van der Waals surface area contributed by atoms with E-state index in [1.807, 2.05) is 6.92 Å². The molecule has 0 aromatic rings. The predicted molar refractivity (Wildman–Crippen MR) is 55.4 cm³/mol. The molecule has 0 aromatic carbocycles. The Balaban J connectivity index is 3.54. The van der Waals surface area contributed by atoms with Crippen molar-refractivity contribution in [3.8, 4) is 0 Å². The van der Waals surface area contributed by atoms with E-state index in [0.717, 1.165) is 12.8 Å². The van der Waals surface area contributed by atoms with Gasteiger partial charge in [0.15, 0.2) is 0 Å². The van der Waals surface area contributed by atoms with E-state index >= 15 is 0 Å². The Kier molecular flexibility index (Phi) is 6.00. The van der Waals surface area contributed by atoms with Crippen molar-refractivity contribution < 1.29 is 9.53 Å². The summed E-state index contributed by atoms with van der Waals surface area (Å²) in [6.07, 6.45) is 1.92. The highest BCUT2D eigenvalue weighted by molar-refractivity contribution is 9.40. The largest absolute Gasteiger partial charge is 0.463 e. The predicted octanol–water partition coefficient (Wildman–Crippen LogP) is 3.17. The number of rotatable bonds is 3. The Hall–Kier alpha value is 0.910. The quantitative estimate of drug-likeness (QED) is 0.443. The number of alkyl halides is 3. The first kappa shape index (κ1) is 11.9. The molecule has 0 fully saturated rings. The first-order chi connectivity index (χ1) is 4.98. The van der Waals surface area contributed by atoms with Gasteiger partial charge in [-0.3, -0.25) is 0 Å². The molecule has 0 radical (unpaired) electrons. The zero-order valence-electron chi connectivity index (χ0n) is 6.07. The summed E-state index contributed by atoms with van der Waals surface area (Å²) < 4.78 is 3.95. The number of hydrogen-bond acceptors (Lipinski definition) is 2. The summed E-state index contributed by atoms with van der Waals surface area (Å²) in [5.74, 6) is -0.356. The number of carbonyl (C=O) groups is 1. The zero-order valence-corrected chi connectivity index (χ0v) is 10.8. The van der Waals surface area contributed by atoms with E-state index in [1.165, 1.54) is 0 Å². The molecular weight excluding hydrogens is 344 g/mol. The molecule has 5 heteroatoms.